The lowest BCUT2D eigenvalue weighted by molar-refractivity contribution is -0.122. The smallest absolute Gasteiger partial charge is 0.233 e. The topological polar surface area (TPSA) is 94.5 Å². The van der Waals surface area contributed by atoms with Crippen LogP contribution in [0, 0.1) is 11.8 Å². The molecule has 2 aliphatic heterocycles. The Morgan fingerprint density at radius 1 is 1.19 bits per heavy atom. The number of nitrogens with two attached hydrogens (primary N) is 1. The number of carbonyl (C=O) groups is 1. The van der Waals surface area contributed by atoms with Crippen LogP contribution in [0.2, 0.25) is 0 Å². The molecule has 0 radical (unpaired) electrons. The first-order valence-electron chi connectivity index (χ1n) is 9.80. The summed E-state index contributed by atoms with van der Waals surface area (Å²) in [6.45, 7) is 2.47. The summed E-state index contributed by atoms with van der Waals surface area (Å²) < 4.78 is 11.3. The van der Waals surface area contributed by atoms with E-state index in [-0.39, 0.29) is 23.8 Å². The molecule has 1 aromatic heterocycles. The predicted octanol–water partition coefficient (Wildman–Crippen LogP) is 2.33. The molecule has 4 atom stereocenters. The van der Waals surface area contributed by atoms with Crippen LogP contribution in [-0.2, 0) is 9.53 Å². The largest absolute Gasteiger partial charge is 0.377 e. The van der Waals surface area contributed by atoms with E-state index < -0.39 is 0 Å². The number of hydrogen-bond acceptors (Lipinski definition) is 6. The van der Waals surface area contributed by atoms with Crippen LogP contribution in [0.1, 0.15) is 37.5 Å². The molecule has 3 fully saturated rings. The number of hydrogen-bond donors (Lipinski definition) is 1. The molecular formula is C20H24N4O3. The van der Waals surface area contributed by atoms with Crippen molar-refractivity contribution in [3.8, 4) is 11.4 Å². The maximum absolute atomic E-state index is 11.5. The van der Waals surface area contributed by atoms with Crippen molar-refractivity contribution in [3.05, 3.63) is 30.2 Å². The molecule has 1 aliphatic carbocycles. The van der Waals surface area contributed by atoms with E-state index in [1.54, 1.807) is 0 Å². The molecule has 2 N–H and O–H groups in total. The summed E-state index contributed by atoms with van der Waals surface area (Å²) >= 11 is 0. The van der Waals surface area contributed by atoms with Crippen LogP contribution < -0.4 is 10.6 Å². The number of rotatable bonds is 4. The van der Waals surface area contributed by atoms with E-state index in [1.165, 1.54) is 6.42 Å². The van der Waals surface area contributed by atoms with E-state index in [1.807, 2.05) is 12.1 Å². The first-order chi connectivity index (χ1) is 13.2. The number of amides is 1. The van der Waals surface area contributed by atoms with Gasteiger partial charge < -0.3 is 19.9 Å². The standard InChI is InChI=1S/C20H24N4O3/c21-18(25)13-3-1-9-24(11-13)14-7-5-12(6-8-14)19-22-20(27-23-19)16-15-4-2-10-26-17(15)16/h5-8,13,15-17H,1-4,9-11H2,(H2,21,25)/t13?,15-,16-,17-/m1/s1. The number of aromatic nitrogens is 2. The van der Waals surface area contributed by atoms with Crippen molar-refractivity contribution in [2.45, 2.75) is 37.7 Å². The fourth-order valence-corrected chi connectivity index (χ4v) is 4.53. The van der Waals surface area contributed by atoms with E-state index in [4.69, 9.17) is 15.0 Å². The Morgan fingerprint density at radius 2 is 2.04 bits per heavy atom. The van der Waals surface area contributed by atoms with Crippen LogP contribution in [0.25, 0.3) is 11.4 Å². The number of primary amides is 1. The Balaban J connectivity index is 1.29. The van der Waals surface area contributed by atoms with Gasteiger partial charge >= 0.3 is 0 Å². The molecule has 0 spiro atoms. The van der Waals surface area contributed by atoms with E-state index in [9.17, 15) is 4.79 Å². The molecule has 0 bridgehead atoms. The summed E-state index contributed by atoms with van der Waals surface area (Å²) in [5.74, 6) is 1.86. The lowest BCUT2D eigenvalue weighted by atomic mass is 9.97. The lowest BCUT2D eigenvalue weighted by Gasteiger charge is -2.33. The first-order valence-corrected chi connectivity index (χ1v) is 9.80. The Kier molecular flexibility index (Phi) is 4.11. The summed E-state index contributed by atoms with van der Waals surface area (Å²) in [7, 11) is 0. The minimum atomic E-state index is -0.208. The minimum absolute atomic E-state index is 0.0671. The zero-order valence-electron chi connectivity index (χ0n) is 15.2. The predicted molar refractivity (Wildman–Crippen MR) is 99.1 cm³/mol. The maximum atomic E-state index is 11.5. The van der Waals surface area contributed by atoms with Gasteiger partial charge in [-0.25, -0.2) is 0 Å². The maximum Gasteiger partial charge on any atom is 0.233 e. The van der Waals surface area contributed by atoms with Crippen molar-refractivity contribution in [3.63, 3.8) is 0 Å². The molecule has 3 aliphatic rings. The summed E-state index contributed by atoms with van der Waals surface area (Å²) in [5.41, 5.74) is 7.51. The molecular weight excluding hydrogens is 344 g/mol. The Bertz CT molecular complexity index is 822. The van der Waals surface area contributed by atoms with Crippen molar-refractivity contribution in [2.75, 3.05) is 24.6 Å². The van der Waals surface area contributed by atoms with E-state index >= 15 is 0 Å². The number of anilines is 1. The highest BCUT2D eigenvalue weighted by Gasteiger charge is 2.56. The van der Waals surface area contributed by atoms with Gasteiger partial charge in [0.05, 0.1) is 17.9 Å². The normalized spacial score (nSPS) is 30.0. The number of benzene rings is 1. The third-order valence-electron chi connectivity index (χ3n) is 6.13. The molecule has 27 heavy (non-hydrogen) atoms. The molecule has 1 unspecified atom stereocenters. The van der Waals surface area contributed by atoms with Gasteiger partial charge in [-0.15, -0.1) is 0 Å². The molecule has 1 aromatic carbocycles. The van der Waals surface area contributed by atoms with Crippen LogP contribution in [0.3, 0.4) is 0 Å². The third-order valence-corrected chi connectivity index (χ3v) is 6.13. The highest BCUT2D eigenvalue weighted by atomic mass is 16.5. The second kappa shape index (κ2) is 6.64. The highest BCUT2D eigenvalue weighted by Crippen LogP contribution is 2.54. The molecule has 3 heterocycles. The van der Waals surface area contributed by atoms with Crippen LogP contribution in [-0.4, -0.2) is 41.8 Å². The van der Waals surface area contributed by atoms with Gasteiger partial charge in [-0.05, 0) is 49.9 Å². The van der Waals surface area contributed by atoms with Gasteiger partial charge in [-0.3, -0.25) is 4.79 Å². The van der Waals surface area contributed by atoms with E-state index in [2.05, 4.69) is 27.2 Å². The third kappa shape index (κ3) is 3.10. The highest BCUT2D eigenvalue weighted by molar-refractivity contribution is 5.77. The zero-order chi connectivity index (χ0) is 18.4. The fourth-order valence-electron chi connectivity index (χ4n) is 4.53. The van der Waals surface area contributed by atoms with Crippen molar-refractivity contribution in [1.82, 2.24) is 10.1 Å². The number of fused-ring (bicyclic) bond motifs is 1. The molecule has 1 saturated carbocycles. The van der Waals surface area contributed by atoms with Gasteiger partial charge in [0, 0.05) is 36.9 Å². The number of ether oxygens (including phenoxy) is 1. The van der Waals surface area contributed by atoms with Crippen molar-refractivity contribution in [2.24, 2.45) is 17.6 Å². The van der Waals surface area contributed by atoms with Crippen LogP contribution >= 0.6 is 0 Å². The number of carbonyl (C=O) groups excluding carboxylic acids is 1. The molecule has 2 saturated heterocycles. The lowest BCUT2D eigenvalue weighted by Crippen LogP contribution is -2.41. The van der Waals surface area contributed by atoms with Gasteiger partial charge in [0.15, 0.2) is 0 Å². The van der Waals surface area contributed by atoms with E-state index in [0.29, 0.717) is 24.2 Å². The van der Waals surface area contributed by atoms with Crippen LogP contribution in [0.5, 0.6) is 0 Å². The fraction of sp³-hybridized carbons (Fsp3) is 0.550. The van der Waals surface area contributed by atoms with Crippen molar-refractivity contribution < 1.29 is 14.1 Å². The summed E-state index contributed by atoms with van der Waals surface area (Å²) in [6.07, 6.45) is 4.43. The zero-order valence-corrected chi connectivity index (χ0v) is 15.2. The van der Waals surface area contributed by atoms with E-state index in [0.717, 1.165) is 43.7 Å². The molecule has 142 valence electrons. The van der Waals surface area contributed by atoms with Gasteiger partial charge in [0.2, 0.25) is 17.6 Å². The van der Waals surface area contributed by atoms with Gasteiger partial charge in [-0.2, -0.15) is 4.98 Å². The average Bonchev–Trinajstić information content (AvgIpc) is 3.24. The monoisotopic (exact) mass is 368 g/mol. The van der Waals surface area contributed by atoms with Gasteiger partial charge in [0.25, 0.3) is 0 Å². The van der Waals surface area contributed by atoms with Crippen LogP contribution in [0.15, 0.2) is 28.8 Å². The Hall–Kier alpha value is -2.41. The molecule has 7 heteroatoms. The number of piperidine rings is 1. The second-order valence-electron chi connectivity index (χ2n) is 7.86. The second-order valence-corrected chi connectivity index (χ2v) is 7.86. The Morgan fingerprint density at radius 3 is 2.78 bits per heavy atom. The summed E-state index contributed by atoms with van der Waals surface area (Å²) in [5, 5.41) is 4.17. The van der Waals surface area contributed by atoms with Gasteiger partial charge in [0.1, 0.15) is 0 Å². The van der Waals surface area contributed by atoms with Crippen molar-refractivity contribution in [1.29, 1.82) is 0 Å². The number of nitrogens with zero attached hydrogens (tertiary/aromatic N) is 3. The summed E-state index contributed by atoms with van der Waals surface area (Å²) in [4.78, 5) is 18.3. The first kappa shape index (κ1) is 16.7. The molecule has 5 rings (SSSR count). The van der Waals surface area contributed by atoms with Crippen LogP contribution in [0.4, 0.5) is 5.69 Å². The SMILES string of the molecule is NC(=O)C1CCCN(c2ccc(-c3noc([C@@H]4[C@H]5CCCO[C@H]54)n3)cc2)C1. The molecule has 2 aromatic rings. The molecule has 1 amide bonds. The quantitative estimate of drug-likeness (QED) is 0.890. The summed E-state index contributed by atoms with van der Waals surface area (Å²) in [6, 6.07) is 8.12. The minimum Gasteiger partial charge on any atom is -0.377 e. The van der Waals surface area contributed by atoms with Crippen molar-refractivity contribution >= 4 is 11.6 Å². The van der Waals surface area contributed by atoms with Gasteiger partial charge in [-0.1, -0.05) is 5.16 Å². The molecule has 7 nitrogen and oxygen atoms in total. The average molecular weight is 368 g/mol. The Labute approximate surface area is 157 Å².